The number of non-ortho nitro benzene ring substituents is 1. The summed E-state index contributed by atoms with van der Waals surface area (Å²) < 4.78 is 5.96. The lowest BCUT2D eigenvalue weighted by Crippen LogP contribution is -2.43. The second kappa shape index (κ2) is 6.02. The van der Waals surface area contributed by atoms with Gasteiger partial charge in [0.1, 0.15) is 11.9 Å². The fourth-order valence-electron chi connectivity index (χ4n) is 2.64. The van der Waals surface area contributed by atoms with Crippen LogP contribution < -0.4 is 10.1 Å². The summed E-state index contributed by atoms with van der Waals surface area (Å²) in [7, 11) is 1.94. The number of hydrogen-bond acceptors (Lipinski definition) is 4. The van der Waals surface area contributed by atoms with Gasteiger partial charge in [0, 0.05) is 12.1 Å². The zero-order valence-electron chi connectivity index (χ0n) is 11.4. The molecule has 2 atom stereocenters. The standard InChI is InChI=1S/C14H20N2O3/c1-10-7-11(16(17)18)9-12(8-10)19-14-6-4-3-5-13(14)15-2/h7-9,13-15H,3-6H2,1-2H3. The molecule has 1 aromatic carbocycles. The number of nitrogens with one attached hydrogen (secondary N) is 1. The first-order valence-electron chi connectivity index (χ1n) is 6.70. The molecule has 0 saturated heterocycles. The maximum atomic E-state index is 10.9. The van der Waals surface area contributed by atoms with Crippen molar-refractivity contribution < 1.29 is 9.66 Å². The molecule has 5 nitrogen and oxygen atoms in total. The zero-order valence-corrected chi connectivity index (χ0v) is 11.4. The largest absolute Gasteiger partial charge is 0.489 e. The summed E-state index contributed by atoms with van der Waals surface area (Å²) in [6.45, 7) is 1.84. The molecule has 19 heavy (non-hydrogen) atoms. The van der Waals surface area contributed by atoms with E-state index in [2.05, 4.69) is 5.32 Å². The number of ether oxygens (including phenoxy) is 1. The van der Waals surface area contributed by atoms with Crippen LogP contribution in [-0.2, 0) is 0 Å². The maximum absolute atomic E-state index is 10.9. The predicted molar refractivity (Wildman–Crippen MR) is 73.6 cm³/mol. The van der Waals surface area contributed by atoms with Crippen LogP contribution in [0, 0.1) is 17.0 Å². The van der Waals surface area contributed by atoms with Crippen molar-refractivity contribution in [1.82, 2.24) is 5.32 Å². The minimum absolute atomic E-state index is 0.0896. The Morgan fingerprint density at radius 1 is 1.32 bits per heavy atom. The third-order valence-electron chi connectivity index (χ3n) is 3.61. The first-order valence-corrected chi connectivity index (χ1v) is 6.70. The Kier molecular flexibility index (Phi) is 4.37. The van der Waals surface area contributed by atoms with Gasteiger partial charge >= 0.3 is 0 Å². The molecule has 1 fully saturated rings. The van der Waals surface area contributed by atoms with Crippen LogP contribution in [0.15, 0.2) is 18.2 Å². The molecule has 0 amide bonds. The molecule has 5 heteroatoms. The number of benzene rings is 1. The summed E-state index contributed by atoms with van der Waals surface area (Å²) in [6.07, 6.45) is 4.54. The van der Waals surface area contributed by atoms with E-state index in [1.165, 1.54) is 12.5 Å². The van der Waals surface area contributed by atoms with Gasteiger partial charge in [-0.3, -0.25) is 10.1 Å². The highest BCUT2D eigenvalue weighted by molar-refractivity contribution is 5.42. The van der Waals surface area contributed by atoms with Crippen LogP contribution in [0.25, 0.3) is 0 Å². The monoisotopic (exact) mass is 264 g/mol. The van der Waals surface area contributed by atoms with Crippen molar-refractivity contribution in [2.24, 2.45) is 0 Å². The summed E-state index contributed by atoms with van der Waals surface area (Å²) >= 11 is 0. The van der Waals surface area contributed by atoms with Gasteiger partial charge in [-0.15, -0.1) is 0 Å². The quantitative estimate of drug-likeness (QED) is 0.671. The molecule has 1 saturated carbocycles. The van der Waals surface area contributed by atoms with Crippen molar-refractivity contribution in [3.63, 3.8) is 0 Å². The SMILES string of the molecule is CNC1CCCCC1Oc1cc(C)cc([N+](=O)[O-])c1. The van der Waals surface area contributed by atoms with Crippen LogP contribution in [0.5, 0.6) is 5.75 Å². The number of rotatable bonds is 4. The second-order valence-electron chi connectivity index (χ2n) is 5.10. The molecule has 0 bridgehead atoms. The van der Waals surface area contributed by atoms with Gasteiger partial charge in [-0.25, -0.2) is 0 Å². The Morgan fingerprint density at radius 3 is 2.74 bits per heavy atom. The van der Waals surface area contributed by atoms with Crippen molar-refractivity contribution in [2.75, 3.05) is 7.05 Å². The van der Waals surface area contributed by atoms with Gasteiger partial charge in [-0.2, -0.15) is 0 Å². The summed E-state index contributed by atoms with van der Waals surface area (Å²) in [4.78, 5) is 10.5. The Balaban J connectivity index is 2.15. The molecule has 0 heterocycles. The minimum Gasteiger partial charge on any atom is -0.489 e. The van der Waals surface area contributed by atoms with Crippen LogP contribution >= 0.6 is 0 Å². The van der Waals surface area contributed by atoms with E-state index in [9.17, 15) is 10.1 Å². The van der Waals surface area contributed by atoms with Crippen LogP contribution in [0.1, 0.15) is 31.2 Å². The van der Waals surface area contributed by atoms with E-state index in [4.69, 9.17) is 4.74 Å². The molecule has 0 aliphatic heterocycles. The molecule has 104 valence electrons. The van der Waals surface area contributed by atoms with E-state index in [1.807, 2.05) is 20.0 Å². The molecule has 1 N–H and O–H groups in total. The smallest absolute Gasteiger partial charge is 0.273 e. The molecule has 1 aliphatic rings. The third-order valence-corrected chi connectivity index (χ3v) is 3.61. The third kappa shape index (κ3) is 3.44. The lowest BCUT2D eigenvalue weighted by Gasteiger charge is -2.31. The lowest BCUT2D eigenvalue weighted by molar-refractivity contribution is -0.385. The molecule has 2 unspecified atom stereocenters. The summed E-state index contributed by atoms with van der Waals surface area (Å²) in [6, 6.07) is 5.25. The molecule has 0 radical (unpaired) electrons. The molecular formula is C14H20N2O3. The fraction of sp³-hybridized carbons (Fsp3) is 0.571. The van der Waals surface area contributed by atoms with Crippen molar-refractivity contribution in [3.05, 3.63) is 33.9 Å². The molecule has 1 aliphatic carbocycles. The van der Waals surface area contributed by atoms with E-state index in [1.54, 1.807) is 6.07 Å². The van der Waals surface area contributed by atoms with Gasteiger partial charge in [-0.1, -0.05) is 6.42 Å². The number of nitrogens with zero attached hydrogens (tertiary/aromatic N) is 1. The van der Waals surface area contributed by atoms with Gasteiger partial charge in [0.15, 0.2) is 0 Å². The Morgan fingerprint density at radius 2 is 2.05 bits per heavy atom. The van der Waals surface area contributed by atoms with Gasteiger partial charge < -0.3 is 10.1 Å². The lowest BCUT2D eigenvalue weighted by atomic mass is 9.92. The second-order valence-corrected chi connectivity index (χ2v) is 5.10. The summed E-state index contributed by atoms with van der Waals surface area (Å²) in [5, 5.41) is 14.1. The number of aryl methyl sites for hydroxylation is 1. The van der Waals surface area contributed by atoms with E-state index in [-0.39, 0.29) is 16.7 Å². The summed E-state index contributed by atoms with van der Waals surface area (Å²) in [5.74, 6) is 0.596. The first kappa shape index (κ1) is 13.8. The minimum atomic E-state index is -0.379. The number of nitro benzene ring substituents is 1. The highest BCUT2D eigenvalue weighted by Crippen LogP contribution is 2.27. The normalized spacial score (nSPS) is 23.1. The first-order chi connectivity index (χ1) is 9.10. The van der Waals surface area contributed by atoms with Gasteiger partial charge in [-0.05, 0) is 44.9 Å². The fourth-order valence-corrected chi connectivity index (χ4v) is 2.64. The number of nitro groups is 1. The highest BCUT2D eigenvalue weighted by atomic mass is 16.6. The Labute approximate surface area is 113 Å². The molecule has 0 spiro atoms. The zero-order chi connectivity index (χ0) is 13.8. The van der Waals surface area contributed by atoms with Gasteiger partial charge in [0.2, 0.25) is 0 Å². The van der Waals surface area contributed by atoms with Crippen LogP contribution in [0.3, 0.4) is 0 Å². The average molecular weight is 264 g/mol. The summed E-state index contributed by atoms with van der Waals surface area (Å²) in [5.41, 5.74) is 0.938. The molecule has 0 aromatic heterocycles. The predicted octanol–water partition coefficient (Wildman–Crippen LogP) is 2.81. The van der Waals surface area contributed by atoms with Crippen LogP contribution in [0.4, 0.5) is 5.69 Å². The molecular weight excluding hydrogens is 244 g/mol. The van der Waals surface area contributed by atoms with E-state index >= 15 is 0 Å². The van der Waals surface area contributed by atoms with Crippen molar-refractivity contribution >= 4 is 5.69 Å². The maximum Gasteiger partial charge on any atom is 0.273 e. The molecule has 2 rings (SSSR count). The van der Waals surface area contributed by atoms with Gasteiger partial charge in [0.25, 0.3) is 5.69 Å². The Hall–Kier alpha value is -1.62. The Bertz CT molecular complexity index is 462. The van der Waals surface area contributed by atoms with Crippen molar-refractivity contribution in [2.45, 2.75) is 44.8 Å². The van der Waals surface area contributed by atoms with E-state index < -0.39 is 0 Å². The van der Waals surface area contributed by atoms with E-state index in [0.717, 1.165) is 24.8 Å². The average Bonchev–Trinajstić information content (AvgIpc) is 2.38. The van der Waals surface area contributed by atoms with Crippen molar-refractivity contribution in [3.8, 4) is 5.75 Å². The van der Waals surface area contributed by atoms with Crippen LogP contribution in [0.2, 0.25) is 0 Å². The topological polar surface area (TPSA) is 64.4 Å². The molecule has 1 aromatic rings. The van der Waals surface area contributed by atoms with Gasteiger partial charge in [0.05, 0.1) is 11.0 Å². The van der Waals surface area contributed by atoms with Crippen molar-refractivity contribution in [1.29, 1.82) is 0 Å². The number of hydrogen-bond donors (Lipinski definition) is 1. The van der Waals surface area contributed by atoms with Crippen LogP contribution in [-0.4, -0.2) is 24.1 Å². The van der Waals surface area contributed by atoms with E-state index in [0.29, 0.717) is 11.8 Å². The highest BCUT2D eigenvalue weighted by Gasteiger charge is 2.25. The number of likely N-dealkylation sites (N-methyl/N-ethyl adjacent to an activating group) is 1.